The van der Waals surface area contributed by atoms with Gasteiger partial charge in [0, 0.05) is 38.0 Å². The van der Waals surface area contributed by atoms with Gasteiger partial charge in [-0.15, -0.1) is 0 Å². The molecular weight excluding hydrogens is 318 g/mol. The van der Waals surface area contributed by atoms with E-state index in [2.05, 4.69) is 11.2 Å². The number of rotatable bonds is 4. The summed E-state index contributed by atoms with van der Waals surface area (Å²) in [6.07, 6.45) is 3.39. The molecule has 0 saturated carbocycles. The lowest BCUT2D eigenvalue weighted by Gasteiger charge is -2.28. The molecule has 1 aliphatic rings. The van der Waals surface area contributed by atoms with Gasteiger partial charge in [-0.3, -0.25) is 10.6 Å². The van der Waals surface area contributed by atoms with Crippen LogP contribution in [-0.2, 0) is 4.74 Å². The molecule has 0 bridgehead atoms. The molecule has 0 amide bonds. The van der Waals surface area contributed by atoms with E-state index >= 15 is 0 Å². The van der Waals surface area contributed by atoms with Crippen molar-refractivity contribution in [3.05, 3.63) is 48.2 Å². The van der Waals surface area contributed by atoms with Crippen LogP contribution >= 0.6 is 0 Å². The average Bonchev–Trinajstić information content (AvgIpc) is 3.09. The molecule has 132 valence electrons. The number of nitrogens with one attached hydrogen (secondary N) is 1. The molecule has 1 aromatic heterocycles. The molecule has 2 N–H and O–H groups in total. The van der Waals surface area contributed by atoms with Gasteiger partial charge in [-0.1, -0.05) is 23.8 Å². The molecule has 0 unspecified atom stereocenters. The van der Waals surface area contributed by atoms with Crippen LogP contribution in [0.1, 0.15) is 5.56 Å². The van der Waals surface area contributed by atoms with Gasteiger partial charge < -0.3 is 9.64 Å². The summed E-state index contributed by atoms with van der Waals surface area (Å²) in [4.78, 5) is 1.91. The minimum Gasteiger partial charge on any atom is -0.378 e. The van der Waals surface area contributed by atoms with Crippen molar-refractivity contribution in [1.82, 2.24) is 19.7 Å². The second-order valence-corrected chi connectivity index (χ2v) is 6.03. The Morgan fingerprint density at radius 1 is 1.32 bits per heavy atom. The number of hydrogen-bond donors (Lipinski definition) is 2. The highest BCUT2D eigenvalue weighted by atomic mass is 16.5. The van der Waals surface area contributed by atoms with Crippen LogP contribution in [0.5, 0.6) is 0 Å². The van der Waals surface area contributed by atoms with E-state index < -0.39 is 0 Å². The predicted molar refractivity (Wildman–Crippen MR) is 96.3 cm³/mol. The summed E-state index contributed by atoms with van der Waals surface area (Å²) >= 11 is 0. The molecule has 1 aromatic carbocycles. The van der Waals surface area contributed by atoms with E-state index in [1.807, 2.05) is 36.1 Å². The number of nitrogens with zero attached hydrogens (tertiary/aromatic N) is 4. The zero-order valence-corrected chi connectivity index (χ0v) is 14.5. The van der Waals surface area contributed by atoms with Crippen LogP contribution in [0.4, 0.5) is 0 Å². The van der Waals surface area contributed by atoms with Crippen molar-refractivity contribution >= 4 is 11.7 Å². The Hall–Kier alpha value is -2.64. The number of aryl methyl sites for hydroxylation is 1. The largest absolute Gasteiger partial charge is 0.378 e. The van der Waals surface area contributed by atoms with Crippen molar-refractivity contribution in [3.8, 4) is 11.3 Å². The molecule has 1 saturated heterocycles. The Labute approximate surface area is 147 Å². The molecule has 0 spiro atoms. The van der Waals surface area contributed by atoms with Crippen molar-refractivity contribution in [1.29, 1.82) is 5.41 Å². The van der Waals surface area contributed by atoms with Crippen molar-refractivity contribution in [3.63, 3.8) is 0 Å². The molecule has 2 aromatic rings. The Morgan fingerprint density at radius 2 is 2.08 bits per heavy atom. The third-order valence-corrected chi connectivity index (χ3v) is 4.09. The molecule has 0 atom stereocenters. The fourth-order valence-corrected chi connectivity index (χ4v) is 2.74. The van der Waals surface area contributed by atoms with Gasteiger partial charge in [0.15, 0.2) is 5.82 Å². The maximum Gasteiger partial charge on any atom is 0.156 e. The second kappa shape index (κ2) is 7.50. The quantitative estimate of drug-likeness (QED) is 0.507. The number of amidine groups is 1. The van der Waals surface area contributed by atoms with Gasteiger partial charge in [0.1, 0.15) is 5.84 Å². The molecule has 3 rings (SSSR count). The number of hydrogen-bond acceptors (Lipinski definition) is 5. The monoisotopic (exact) mass is 341 g/mol. The lowest BCUT2D eigenvalue weighted by molar-refractivity contribution is -0.00671. The van der Waals surface area contributed by atoms with Gasteiger partial charge in [-0.25, -0.2) is 9.75 Å². The van der Waals surface area contributed by atoms with E-state index in [4.69, 9.17) is 10.1 Å². The summed E-state index contributed by atoms with van der Waals surface area (Å²) in [6, 6.07) is 9.99. The summed E-state index contributed by atoms with van der Waals surface area (Å²) < 4.78 is 6.89. The highest BCUT2D eigenvalue weighted by molar-refractivity contribution is 5.94. The summed E-state index contributed by atoms with van der Waals surface area (Å²) in [6.45, 7) is 4.60. The smallest absolute Gasteiger partial charge is 0.156 e. The third-order valence-electron chi connectivity index (χ3n) is 4.09. The van der Waals surface area contributed by atoms with Gasteiger partial charge in [0.05, 0.1) is 18.9 Å². The fourth-order valence-electron chi connectivity index (χ4n) is 2.74. The molecule has 7 heteroatoms. The lowest BCUT2D eigenvalue weighted by atomic mass is 10.1. The Balaban J connectivity index is 1.86. The van der Waals surface area contributed by atoms with Crippen LogP contribution in [-0.4, -0.2) is 64.1 Å². The van der Waals surface area contributed by atoms with E-state index in [0.717, 1.165) is 21.9 Å². The van der Waals surface area contributed by atoms with Crippen LogP contribution in [0.2, 0.25) is 0 Å². The first-order valence-corrected chi connectivity index (χ1v) is 8.23. The number of aromatic nitrogens is 2. The lowest BCUT2D eigenvalue weighted by Crippen LogP contribution is -2.40. The number of morpholine rings is 1. The Kier molecular flexibility index (Phi) is 5.16. The molecule has 0 aliphatic carbocycles. The van der Waals surface area contributed by atoms with Crippen molar-refractivity contribution in [2.45, 2.75) is 6.92 Å². The van der Waals surface area contributed by atoms with Crippen LogP contribution in [0.15, 0.2) is 42.6 Å². The van der Waals surface area contributed by atoms with Gasteiger partial charge >= 0.3 is 0 Å². The molecule has 1 aliphatic heterocycles. The van der Waals surface area contributed by atoms with Gasteiger partial charge in [-0.05, 0) is 19.1 Å². The first-order valence-electron chi connectivity index (χ1n) is 8.23. The van der Waals surface area contributed by atoms with Crippen molar-refractivity contribution in [2.24, 2.45) is 0 Å². The molecule has 25 heavy (non-hydrogen) atoms. The SMILES string of the molecule is Cc1cccc(-c2ccn(/C(=C/C(=N)N3CCOCC3)N(C)O)n2)c1. The molecular formula is C18H23N5O2. The maximum atomic E-state index is 10.0. The first-order chi connectivity index (χ1) is 12.0. The number of benzene rings is 1. The summed E-state index contributed by atoms with van der Waals surface area (Å²) in [5.74, 6) is 0.738. The number of ether oxygens (including phenoxy) is 1. The van der Waals surface area contributed by atoms with Crippen molar-refractivity contribution < 1.29 is 9.94 Å². The van der Waals surface area contributed by atoms with Crippen LogP contribution in [0.3, 0.4) is 0 Å². The van der Waals surface area contributed by atoms with E-state index in [1.165, 1.54) is 7.05 Å². The van der Waals surface area contributed by atoms with E-state index in [0.29, 0.717) is 38.0 Å². The van der Waals surface area contributed by atoms with Crippen LogP contribution in [0.25, 0.3) is 17.1 Å². The Bertz CT molecular complexity index is 775. The van der Waals surface area contributed by atoms with Crippen LogP contribution in [0, 0.1) is 12.3 Å². The minimum atomic E-state index is 0.326. The fraction of sp³-hybridized carbons (Fsp3) is 0.333. The molecule has 1 fully saturated rings. The van der Waals surface area contributed by atoms with Crippen molar-refractivity contribution in [2.75, 3.05) is 33.4 Å². The molecule has 2 heterocycles. The predicted octanol–water partition coefficient (Wildman–Crippen LogP) is 2.29. The first kappa shape index (κ1) is 17.2. The van der Waals surface area contributed by atoms with E-state index in [-0.39, 0.29) is 0 Å². The maximum absolute atomic E-state index is 10.0. The molecule has 0 radical (unpaired) electrons. The third kappa shape index (κ3) is 4.07. The van der Waals surface area contributed by atoms with E-state index in [1.54, 1.807) is 17.0 Å². The highest BCUT2D eigenvalue weighted by Gasteiger charge is 2.15. The van der Waals surface area contributed by atoms with E-state index in [9.17, 15) is 5.21 Å². The average molecular weight is 341 g/mol. The Morgan fingerprint density at radius 3 is 2.76 bits per heavy atom. The highest BCUT2D eigenvalue weighted by Crippen LogP contribution is 2.20. The zero-order chi connectivity index (χ0) is 17.8. The zero-order valence-electron chi connectivity index (χ0n) is 14.5. The van der Waals surface area contributed by atoms with Gasteiger partial charge in [0.2, 0.25) is 0 Å². The number of hydroxylamine groups is 2. The second-order valence-electron chi connectivity index (χ2n) is 6.03. The van der Waals surface area contributed by atoms with Gasteiger partial charge in [-0.2, -0.15) is 5.10 Å². The summed E-state index contributed by atoms with van der Waals surface area (Å²) in [5, 5.41) is 23.8. The normalized spacial score (nSPS) is 15.3. The summed E-state index contributed by atoms with van der Waals surface area (Å²) in [5.41, 5.74) is 2.99. The van der Waals surface area contributed by atoms with Gasteiger partial charge in [0.25, 0.3) is 0 Å². The molecule has 7 nitrogen and oxygen atoms in total. The summed E-state index contributed by atoms with van der Waals surface area (Å²) in [7, 11) is 1.52. The topological polar surface area (TPSA) is 77.6 Å². The minimum absolute atomic E-state index is 0.326. The standard InChI is InChI=1S/C18H23N5O2/c1-14-4-3-5-15(12-14)16-6-7-23(20-16)18(21(2)24)13-17(19)22-8-10-25-11-9-22/h3-7,12-13,19,24H,8-11H2,1-2H3/b18-13+,19-17?. The van der Waals surface area contributed by atoms with Crippen LogP contribution < -0.4 is 0 Å².